The molecule has 4 heteroatoms. The zero-order valence-electron chi connectivity index (χ0n) is 10.0. The van der Waals surface area contributed by atoms with E-state index >= 15 is 0 Å². The fourth-order valence-corrected chi connectivity index (χ4v) is 2.75. The number of rotatable bonds is 2. The van der Waals surface area contributed by atoms with Crippen LogP contribution in [0.4, 0.5) is 0 Å². The van der Waals surface area contributed by atoms with E-state index in [0.717, 1.165) is 37.1 Å². The smallest absolute Gasteiger partial charge is 0.123 e. The Kier molecular flexibility index (Phi) is 3.92. The standard InChI is InChI=1S/C13H19ClN2O/c1-8-6-10(14)7-11(13(8)17)12(15)9-2-4-16-5-3-9/h6-7,9,12,16-17H,2-5,15H2,1H3/t12-/m1/s1. The Balaban J connectivity index is 2.26. The van der Waals surface area contributed by atoms with Gasteiger partial charge in [-0.1, -0.05) is 11.6 Å². The van der Waals surface area contributed by atoms with Crippen molar-refractivity contribution in [3.05, 3.63) is 28.3 Å². The Hall–Kier alpha value is -0.770. The molecule has 0 radical (unpaired) electrons. The van der Waals surface area contributed by atoms with Gasteiger partial charge in [0.25, 0.3) is 0 Å². The highest BCUT2D eigenvalue weighted by atomic mass is 35.5. The van der Waals surface area contributed by atoms with E-state index in [4.69, 9.17) is 17.3 Å². The Labute approximate surface area is 107 Å². The first-order valence-electron chi connectivity index (χ1n) is 6.05. The molecule has 17 heavy (non-hydrogen) atoms. The fourth-order valence-electron chi connectivity index (χ4n) is 2.47. The van der Waals surface area contributed by atoms with Gasteiger partial charge in [-0.15, -0.1) is 0 Å². The zero-order chi connectivity index (χ0) is 12.4. The molecule has 0 spiro atoms. The van der Waals surface area contributed by atoms with Crippen molar-refractivity contribution in [1.82, 2.24) is 5.32 Å². The lowest BCUT2D eigenvalue weighted by molar-refractivity contribution is 0.316. The van der Waals surface area contributed by atoms with E-state index in [-0.39, 0.29) is 6.04 Å². The molecule has 1 aromatic rings. The third-order valence-corrected chi connectivity index (χ3v) is 3.76. The fraction of sp³-hybridized carbons (Fsp3) is 0.538. The van der Waals surface area contributed by atoms with Crippen molar-refractivity contribution in [2.75, 3.05) is 13.1 Å². The third-order valence-electron chi connectivity index (χ3n) is 3.55. The normalized spacial score (nSPS) is 19.2. The molecular weight excluding hydrogens is 236 g/mol. The van der Waals surface area contributed by atoms with Gasteiger partial charge in [-0.2, -0.15) is 0 Å². The van der Waals surface area contributed by atoms with Crippen molar-refractivity contribution in [3.63, 3.8) is 0 Å². The molecule has 0 aromatic heterocycles. The van der Waals surface area contributed by atoms with Gasteiger partial charge in [0.15, 0.2) is 0 Å². The summed E-state index contributed by atoms with van der Waals surface area (Å²) in [6.07, 6.45) is 2.10. The lowest BCUT2D eigenvalue weighted by atomic mass is 9.85. The number of hydrogen-bond donors (Lipinski definition) is 3. The number of nitrogens with one attached hydrogen (secondary N) is 1. The monoisotopic (exact) mass is 254 g/mol. The number of nitrogens with two attached hydrogens (primary N) is 1. The van der Waals surface area contributed by atoms with Crippen LogP contribution in [0, 0.1) is 12.8 Å². The van der Waals surface area contributed by atoms with Gasteiger partial charge >= 0.3 is 0 Å². The van der Waals surface area contributed by atoms with Gasteiger partial charge in [0.1, 0.15) is 5.75 Å². The van der Waals surface area contributed by atoms with E-state index in [1.165, 1.54) is 0 Å². The molecule has 1 aromatic carbocycles. The SMILES string of the molecule is Cc1cc(Cl)cc([C@H](N)C2CCNCC2)c1O. The molecule has 0 aliphatic carbocycles. The van der Waals surface area contributed by atoms with Crippen molar-refractivity contribution in [1.29, 1.82) is 0 Å². The molecular formula is C13H19ClN2O. The number of benzene rings is 1. The lowest BCUT2D eigenvalue weighted by Crippen LogP contribution is -2.33. The average molecular weight is 255 g/mol. The minimum absolute atomic E-state index is 0.130. The first-order chi connectivity index (χ1) is 8.09. The van der Waals surface area contributed by atoms with E-state index in [2.05, 4.69) is 5.32 Å². The van der Waals surface area contributed by atoms with Crippen LogP contribution < -0.4 is 11.1 Å². The van der Waals surface area contributed by atoms with E-state index in [1.807, 2.05) is 6.92 Å². The van der Waals surface area contributed by atoms with Crippen molar-refractivity contribution in [3.8, 4) is 5.75 Å². The molecule has 0 amide bonds. The molecule has 1 saturated heterocycles. The second kappa shape index (κ2) is 5.25. The third kappa shape index (κ3) is 2.73. The van der Waals surface area contributed by atoms with E-state index < -0.39 is 0 Å². The van der Waals surface area contributed by atoms with E-state index in [1.54, 1.807) is 12.1 Å². The average Bonchev–Trinajstić information content (AvgIpc) is 2.34. The summed E-state index contributed by atoms with van der Waals surface area (Å²) < 4.78 is 0. The largest absolute Gasteiger partial charge is 0.507 e. The first-order valence-corrected chi connectivity index (χ1v) is 6.42. The molecule has 94 valence electrons. The van der Waals surface area contributed by atoms with Crippen LogP contribution in [0.15, 0.2) is 12.1 Å². The highest BCUT2D eigenvalue weighted by Gasteiger charge is 2.24. The number of aryl methyl sites for hydroxylation is 1. The first kappa shape index (κ1) is 12.7. The maximum atomic E-state index is 10.1. The molecule has 0 bridgehead atoms. The maximum Gasteiger partial charge on any atom is 0.123 e. The molecule has 4 N–H and O–H groups in total. The van der Waals surface area contributed by atoms with Crippen molar-refractivity contribution in [2.24, 2.45) is 11.7 Å². The summed E-state index contributed by atoms with van der Waals surface area (Å²) in [6.45, 7) is 3.84. The number of halogens is 1. The summed E-state index contributed by atoms with van der Waals surface area (Å²) in [7, 11) is 0. The van der Waals surface area contributed by atoms with Crippen molar-refractivity contribution < 1.29 is 5.11 Å². The van der Waals surface area contributed by atoms with Crippen LogP contribution in [0.1, 0.15) is 30.0 Å². The quantitative estimate of drug-likeness (QED) is 0.759. The van der Waals surface area contributed by atoms with Gasteiger partial charge in [-0.25, -0.2) is 0 Å². The maximum absolute atomic E-state index is 10.1. The van der Waals surface area contributed by atoms with Crippen LogP contribution >= 0.6 is 11.6 Å². The van der Waals surface area contributed by atoms with Crippen LogP contribution in [-0.2, 0) is 0 Å². The summed E-state index contributed by atoms with van der Waals surface area (Å²) in [5.41, 5.74) is 7.83. The molecule has 1 aliphatic rings. The molecule has 3 nitrogen and oxygen atoms in total. The molecule has 0 saturated carbocycles. The minimum Gasteiger partial charge on any atom is -0.507 e. The molecule has 1 fully saturated rings. The molecule has 1 heterocycles. The molecule has 0 unspecified atom stereocenters. The van der Waals surface area contributed by atoms with Crippen LogP contribution in [0.2, 0.25) is 5.02 Å². The van der Waals surface area contributed by atoms with Crippen molar-refractivity contribution in [2.45, 2.75) is 25.8 Å². The number of hydrogen-bond acceptors (Lipinski definition) is 3. The van der Waals surface area contributed by atoms with Crippen LogP contribution in [0.3, 0.4) is 0 Å². The second-order valence-electron chi connectivity index (χ2n) is 4.77. The van der Waals surface area contributed by atoms with Gasteiger partial charge in [0, 0.05) is 16.6 Å². The summed E-state index contributed by atoms with van der Waals surface area (Å²) in [5, 5.41) is 14.0. The number of phenols is 1. The molecule has 1 atom stereocenters. The summed E-state index contributed by atoms with van der Waals surface area (Å²) in [5.74, 6) is 0.709. The van der Waals surface area contributed by atoms with E-state index in [0.29, 0.717) is 16.7 Å². The number of aromatic hydroxyl groups is 1. The van der Waals surface area contributed by atoms with E-state index in [9.17, 15) is 5.11 Å². The minimum atomic E-state index is -0.130. The Morgan fingerprint density at radius 3 is 2.71 bits per heavy atom. The van der Waals surface area contributed by atoms with Crippen LogP contribution in [0.25, 0.3) is 0 Å². The Morgan fingerprint density at radius 2 is 2.06 bits per heavy atom. The van der Waals surface area contributed by atoms with Gasteiger partial charge in [-0.05, 0) is 56.5 Å². The number of piperidine rings is 1. The number of phenolic OH excluding ortho intramolecular Hbond substituents is 1. The van der Waals surface area contributed by atoms with Crippen molar-refractivity contribution >= 4 is 11.6 Å². The topological polar surface area (TPSA) is 58.3 Å². The zero-order valence-corrected chi connectivity index (χ0v) is 10.8. The predicted molar refractivity (Wildman–Crippen MR) is 70.4 cm³/mol. The lowest BCUT2D eigenvalue weighted by Gasteiger charge is -2.29. The predicted octanol–water partition coefficient (Wildman–Crippen LogP) is 2.35. The molecule has 2 rings (SSSR count). The highest BCUT2D eigenvalue weighted by molar-refractivity contribution is 6.30. The Morgan fingerprint density at radius 1 is 1.41 bits per heavy atom. The highest BCUT2D eigenvalue weighted by Crippen LogP contribution is 2.35. The Bertz CT molecular complexity index is 403. The van der Waals surface area contributed by atoms with Gasteiger partial charge in [-0.3, -0.25) is 0 Å². The summed E-state index contributed by atoms with van der Waals surface area (Å²) >= 11 is 6.03. The molecule has 1 aliphatic heterocycles. The summed E-state index contributed by atoms with van der Waals surface area (Å²) in [4.78, 5) is 0. The van der Waals surface area contributed by atoms with Crippen LogP contribution in [0.5, 0.6) is 5.75 Å². The van der Waals surface area contributed by atoms with Gasteiger partial charge < -0.3 is 16.2 Å². The summed E-state index contributed by atoms with van der Waals surface area (Å²) in [6, 6.07) is 3.42. The van der Waals surface area contributed by atoms with Crippen LogP contribution in [-0.4, -0.2) is 18.2 Å². The second-order valence-corrected chi connectivity index (χ2v) is 5.21. The van der Waals surface area contributed by atoms with Gasteiger partial charge in [0.2, 0.25) is 0 Å². The van der Waals surface area contributed by atoms with Gasteiger partial charge in [0.05, 0.1) is 0 Å².